The first-order valence-electron chi connectivity index (χ1n) is 13.2. The van der Waals surface area contributed by atoms with E-state index < -0.39 is 46.2 Å². The summed E-state index contributed by atoms with van der Waals surface area (Å²) in [7, 11) is -4.47. The maximum Gasteiger partial charge on any atom is 0.416 e. The van der Waals surface area contributed by atoms with Crippen molar-refractivity contribution in [3.05, 3.63) is 95.6 Å². The number of amides is 2. The van der Waals surface area contributed by atoms with Gasteiger partial charge in [0.1, 0.15) is 12.6 Å². The third kappa shape index (κ3) is 8.09. The summed E-state index contributed by atoms with van der Waals surface area (Å²) < 4.78 is 68.8. The fraction of sp³-hybridized carbons (Fsp3) is 0.333. The maximum atomic E-state index is 13.9. The van der Waals surface area contributed by atoms with Crippen LogP contribution in [0.4, 0.5) is 18.9 Å². The molecule has 2 amide bonds. The Morgan fingerprint density at radius 1 is 0.951 bits per heavy atom. The molecule has 11 heteroatoms. The summed E-state index contributed by atoms with van der Waals surface area (Å²) in [6, 6.07) is 17.2. The molecule has 1 N–H and O–H groups in total. The average Bonchev–Trinajstić information content (AvgIpc) is 2.95. The van der Waals surface area contributed by atoms with Crippen molar-refractivity contribution in [2.24, 2.45) is 0 Å². The number of carbonyl (C=O) groups is 2. The van der Waals surface area contributed by atoms with Crippen LogP contribution in [0.3, 0.4) is 0 Å². The molecule has 41 heavy (non-hydrogen) atoms. The molecule has 7 nitrogen and oxygen atoms in total. The Morgan fingerprint density at radius 3 is 2.24 bits per heavy atom. The van der Waals surface area contributed by atoms with Crippen LogP contribution in [0.2, 0.25) is 0 Å². The summed E-state index contributed by atoms with van der Waals surface area (Å²) in [5, 5.41) is 2.79. The number of aryl methyl sites for hydroxylation is 1. The van der Waals surface area contributed by atoms with Gasteiger partial charge < -0.3 is 10.2 Å². The Labute approximate surface area is 239 Å². The van der Waals surface area contributed by atoms with Crippen LogP contribution < -0.4 is 9.62 Å². The quantitative estimate of drug-likeness (QED) is 0.281. The van der Waals surface area contributed by atoms with Crippen molar-refractivity contribution < 1.29 is 31.2 Å². The zero-order chi connectivity index (χ0) is 30.2. The van der Waals surface area contributed by atoms with Crippen LogP contribution in [0.5, 0.6) is 0 Å². The fourth-order valence-corrected chi connectivity index (χ4v) is 5.60. The van der Waals surface area contributed by atoms with Gasteiger partial charge in [-0.15, -0.1) is 0 Å². The predicted octanol–water partition coefficient (Wildman–Crippen LogP) is 5.54. The van der Waals surface area contributed by atoms with Gasteiger partial charge in [0.25, 0.3) is 10.0 Å². The minimum atomic E-state index is -4.73. The van der Waals surface area contributed by atoms with Gasteiger partial charge in [0.2, 0.25) is 11.8 Å². The molecule has 0 aliphatic heterocycles. The summed E-state index contributed by atoms with van der Waals surface area (Å²) >= 11 is 0. The van der Waals surface area contributed by atoms with Crippen molar-refractivity contribution in [1.82, 2.24) is 10.2 Å². The van der Waals surface area contributed by atoms with E-state index in [1.165, 1.54) is 42.2 Å². The molecule has 0 saturated heterocycles. The van der Waals surface area contributed by atoms with E-state index in [1.54, 1.807) is 18.2 Å². The molecule has 3 rings (SSSR count). The van der Waals surface area contributed by atoms with E-state index in [0.717, 1.165) is 36.1 Å². The predicted molar refractivity (Wildman–Crippen MR) is 152 cm³/mol. The Morgan fingerprint density at radius 2 is 1.61 bits per heavy atom. The monoisotopic (exact) mass is 589 g/mol. The molecule has 0 radical (unpaired) electrons. The van der Waals surface area contributed by atoms with Crippen molar-refractivity contribution in [3.8, 4) is 0 Å². The van der Waals surface area contributed by atoms with E-state index >= 15 is 0 Å². The van der Waals surface area contributed by atoms with E-state index in [-0.39, 0.29) is 17.1 Å². The van der Waals surface area contributed by atoms with Crippen LogP contribution in [-0.4, -0.2) is 44.3 Å². The first kappa shape index (κ1) is 31.7. The third-order valence-corrected chi connectivity index (χ3v) is 8.46. The molecule has 0 aromatic heterocycles. The highest BCUT2D eigenvalue weighted by Gasteiger charge is 2.35. The van der Waals surface area contributed by atoms with Gasteiger partial charge in [0, 0.05) is 13.1 Å². The Kier molecular flexibility index (Phi) is 10.6. The van der Waals surface area contributed by atoms with Gasteiger partial charge in [-0.1, -0.05) is 61.9 Å². The molecule has 0 fully saturated rings. The van der Waals surface area contributed by atoms with E-state index in [9.17, 15) is 31.2 Å². The normalized spacial score (nSPS) is 12.4. The van der Waals surface area contributed by atoms with Crippen LogP contribution >= 0.6 is 0 Å². The topological polar surface area (TPSA) is 86.8 Å². The zero-order valence-electron chi connectivity index (χ0n) is 23.2. The number of hydrogen-bond donors (Lipinski definition) is 1. The van der Waals surface area contributed by atoms with Crippen LogP contribution in [0.15, 0.2) is 83.8 Å². The lowest BCUT2D eigenvalue weighted by molar-refractivity contribution is -0.139. The Bertz CT molecular complexity index is 1450. The van der Waals surface area contributed by atoms with Gasteiger partial charge in [-0.3, -0.25) is 13.9 Å². The smallest absolute Gasteiger partial charge is 0.354 e. The minimum Gasteiger partial charge on any atom is -0.354 e. The lowest BCUT2D eigenvalue weighted by atomic mass is 10.1. The molecule has 0 bridgehead atoms. The molecule has 3 aromatic carbocycles. The van der Waals surface area contributed by atoms with E-state index in [4.69, 9.17) is 0 Å². The summed E-state index contributed by atoms with van der Waals surface area (Å²) in [6.07, 6.45) is -3.14. The van der Waals surface area contributed by atoms with Crippen molar-refractivity contribution in [1.29, 1.82) is 0 Å². The highest BCUT2D eigenvalue weighted by atomic mass is 32.2. The molecule has 0 spiro atoms. The average molecular weight is 590 g/mol. The number of carbonyl (C=O) groups excluding carboxylic acids is 2. The van der Waals surface area contributed by atoms with Gasteiger partial charge in [-0.2, -0.15) is 13.2 Å². The summed E-state index contributed by atoms with van der Waals surface area (Å²) in [6.45, 7) is 4.94. The first-order chi connectivity index (χ1) is 19.4. The lowest BCUT2D eigenvalue weighted by Gasteiger charge is -2.32. The number of anilines is 1. The highest BCUT2D eigenvalue weighted by Crippen LogP contribution is 2.33. The largest absolute Gasteiger partial charge is 0.416 e. The first-order valence-corrected chi connectivity index (χ1v) is 14.7. The van der Waals surface area contributed by atoms with Gasteiger partial charge in [-0.05, 0) is 61.7 Å². The summed E-state index contributed by atoms with van der Waals surface area (Å²) in [5.41, 5.74) is 0.213. The van der Waals surface area contributed by atoms with Gasteiger partial charge in [0.05, 0.1) is 16.1 Å². The van der Waals surface area contributed by atoms with Gasteiger partial charge in [-0.25, -0.2) is 8.42 Å². The van der Waals surface area contributed by atoms with Crippen molar-refractivity contribution >= 4 is 27.5 Å². The molecule has 0 aliphatic carbocycles. The zero-order valence-corrected chi connectivity index (χ0v) is 24.0. The summed E-state index contributed by atoms with van der Waals surface area (Å²) in [5.74, 6) is -1.17. The molecule has 0 saturated carbocycles. The molecule has 220 valence electrons. The van der Waals surface area contributed by atoms with Crippen LogP contribution in [0.1, 0.15) is 43.4 Å². The number of hydrogen-bond acceptors (Lipinski definition) is 4. The number of nitrogens with one attached hydrogen (secondary N) is 1. The van der Waals surface area contributed by atoms with Crippen LogP contribution in [0, 0.1) is 6.92 Å². The molecule has 0 aliphatic rings. The number of benzene rings is 3. The molecule has 0 heterocycles. The number of alkyl halides is 3. The number of nitrogens with zero attached hydrogens (tertiary/aromatic N) is 2. The van der Waals surface area contributed by atoms with Crippen LogP contribution in [0.25, 0.3) is 0 Å². The van der Waals surface area contributed by atoms with Crippen molar-refractivity contribution in [3.63, 3.8) is 0 Å². The number of rotatable bonds is 12. The van der Waals surface area contributed by atoms with Crippen molar-refractivity contribution in [2.45, 2.75) is 57.3 Å². The number of unbranched alkanes of at least 4 members (excludes halogenated alkanes) is 1. The van der Waals surface area contributed by atoms with E-state index in [2.05, 4.69) is 5.32 Å². The molecule has 1 atom stereocenters. The highest BCUT2D eigenvalue weighted by molar-refractivity contribution is 7.92. The SMILES string of the molecule is CCCCNC(=O)C(C)N(Cc1ccccc1C)C(=O)CN(c1cccc(C(F)(F)F)c1)S(=O)(=O)c1ccccc1. The molecular weight excluding hydrogens is 555 g/mol. The minimum absolute atomic E-state index is 0.00428. The third-order valence-electron chi connectivity index (χ3n) is 6.67. The Balaban J connectivity index is 2.06. The standard InChI is InChI=1S/C30H34F3N3O4S/c1-4-5-18-34-29(38)23(3)35(20-24-13-10-9-12-22(24)2)28(37)21-36(41(39,40)27-16-7-6-8-17-27)26-15-11-14-25(19-26)30(31,32)33/h6-17,19,23H,4-5,18,20-21H2,1-3H3,(H,34,38). The molecule has 1 unspecified atom stereocenters. The molecule has 3 aromatic rings. The second-order valence-corrected chi connectivity index (χ2v) is 11.5. The summed E-state index contributed by atoms with van der Waals surface area (Å²) in [4.78, 5) is 28.0. The second-order valence-electron chi connectivity index (χ2n) is 9.64. The van der Waals surface area contributed by atoms with Gasteiger partial charge >= 0.3 is 6.18 Å². The van der Waals surface area contributed by atoms with E-state index in [1.807, 2.05) is 26.0 Å². The van der Waals surface area contributed by atoms with Crippen molar-refractivity contribution in [2.75, 3.05) is 17.4 Å². The fourth-order valence-electron chi connectivity index (χ4n) is 4.18. The van der Waals surface area contributed by atoms with Gasteiger partial charge in [0.15, 0.2) is 0 Å². The lowest BCUT2D eigenvalue weighted by Crippen LogP contribution is -2.51. The second kappa shape index (κ2) is 13.7. The maximum absolute atomic E-state index is 13.9. The van der Waals surface area contributed by atoms with E-state index in [0.29, 0.717) is 16.9 Å². The van der Waals surface area contributed by atoms with Crippen LogP contribution in [-0.2, 0) is 32.3 Å². The Hall–Kier alpha value is -3.86. The number of halogens is 3. The number of sulfonamides is 1. The molecular formula is C30H34F3N3O4S.